The van der Waals surface area contributed by atoms with Gasteiger partial charge in [0.2, 0.25) is 6.19 Å². The topological polar surface area (TPSA) is 87.6 Å². The molecule has 1 aromatic carbocycles. The van der Waals surface area contributed by atoms with Crippen LogP contribution in [0.2, 0.25) is 0 Å². The lowest BCUT2D eigenvalue weighted by molar-refractivity contribution is 0.303. The smallest absolute Gasteiger partial charge is 0.191 e. The summed E-state index contributed by atoms with van der Waals surface area (Å²) in [4.78, 5) is 0. The lowest BCUT2D eigenvalue weighted by Gasteiger charge is -2.15. The molecule has 2 rings (SSSR count). The van der Waals surface area contributed by atoms with Crippen LogP contribution >= 0.6 is 15.9 Å². The number of nitrogens with one attached hydrogen (secondary N) is 1. The number of hydrazine groups is 1. The third-order valence-electron chi connectivity index (χ3n) is 2.00. The average Bonchev–Trinajstić information content (AvgIpc) is 2.39. The number of nitrogens with zero attached hydrogens (tertiary/aromatic N) is 5. The van der Waals surface area contributed by atoms with Crippen LogP contribution < -0.4 is 5.53 Å². The van der Waals surface area contributed by atoms with Gasteiger partial charge in [0.05, 0.1) is 0 Å². The van der Waals surface area contributed by atoms with Crippen molar-refractivity contribution in [2.45, 2.75) is 0 Å². The van der Waals surface area contributed by atoms with Gasteiger partial charge in [-0.25, -0.2) is 0 Å². The first kappa shape index (κ1) is 11.1. The lowest BCUT2D eigenvalue weighted by atomic mass is 10.1. The molecular formula is C10H5BrN6. The number of benzene rings is 1. The Bertz CT molecular complexity index is 574. The molecule has 0 unspecified atom stereocenters. The Morgan fingerprint density at radius 2 is 1.94 bits per heavy atom. The second-order valence-corrected chi connectivity index (χ2v) is 3.96. The van der Waals surface area contributed by atoms with Crippen LogP contribution in [0.15, 0.2) is 38.9 Å². The van der Waals surface area contributed by atoms with Crippen LogP contribution in [0.1, 0.15) is 5.56 Å². The van der Waals surface area contributed by atoms with Gasteiger partial charge in [0, 0.05) is 10.0 Å². The molecule has 0 bridgehead atoms. The Kier molecular flexibility index (Phi) is 3.03. The van der Waals surface area contributed by atoms with E-state index in [9.17, 15) is 0 Å². The number of hydrogen-bond acceptors (Lipinski definition) is 6. The predicted molar refractivity (Wildman–Crippen MR) is 64.3 cm³/mol. The molecule has 1 aliphatic rings. The van der Waals surface area contributed by atoms with Crippen LogP contribution in [0.3, 0.4) is 0 Å². The molecule has 1 aliphatic heterocycles. The first-order valence-corrected chi connectivity index (χ1v) is 5.32. The van der Waals surface area contributed by atoms with Crippen molar-refractivity contribution in [1.82, 2.24) is 10.7 Å². The van der Waals surface area contributed by atoms with Gasteiger partial charge in [0.1, 0.15) is 11.8 Å². The van der Waals surface area contributed by atoms with Gasteiger partial charge in [0.25, 0.3) is 0 Å². The van der Waals surface area contributed by atoms with Gasteiger partial charge in [0.15, 0.2) is 5.71 Å². The van der Waals surface area contributed by atoms with Crippen LogP contribution in [0.5, 0.6) is 0 Å². The number of rotatable bonds is 1. The van der Waals surface area contributed by atoms with Gasteiger partial charge in [-0.15, -0.1) is 10.2 Å². The Morgan fingerprint density at radius 3 is 2.53 bits per heavy atom. The van der Waals surface area contributed by atoms with E-state index in [0.29, 0.717) is 5.71 Å². The molecule has 1 aromatic rings. The highest BCUT2D eigenvalue weighted by Crippen LogP contribution is 2.13. The van der Waals surface area contributed by atoms with E-state index in [0.717, 1.165) is 15.2 Å². The number of nitriles is 2. The molecule has 82 valence electrons. The van der Waals surface area contributed by atoms with Crippen molar-refractivity contribution in [3.8, 4) is 12.3 Å². The largest absolute Gasteiger partial charge is 0.224 e. The summed E-state index contributed by atoms with van der Waals surface area (Å²) in [5, 5.41) is 26.2. The van der Waals surface area contributed by atoms with Gasteiger partial charge < -0.3 is 0 Å². The molecule has 7 heteroatoms. The fourth-order valence-electron chi connectivity index (χ4n) is 1.24. The number of hydrazone groups is 2. The predicted octanol–water partition coefficient (Wildman–Crippen LogP) is 1.33. The van der Waals surface area contributed by atoms with Crippen molar-refractivity contribution in [2.75, 3.05) is 0 Å². The van der Waals surface area contributed by atoms with E-state index in [1.165, 1.54) is 0 Å². The summed E-state index contributed by atoms with van der Waals surface area (Å²) in [6, 6.07) is 9.15. The zero-order valence-corrected chi connectivity index (χ0v) is 10.0. The van der Waals surface area contributed by atoms with Gasteiger partial charge >= 0.3 is 0 Å². The van der Waals surface area contributed by atoms with Crippen molar-refractivity contribution in [2.24, 2.45) is 10.2 Å². The number of halogens is 1. The molecule has 0 saturated heterocycles. The molecule has 0 atom stereocenters. The normalized spacial score (nSPS) is 13.9. The monoisotopic (exact) mass is 288 g/mol. The minimum Gasteiger partial charge on any atom is -0.191 e. The van der Waals surface area contributed by atoms with Crippen LogP contribution in [0.4, 0.5) is 0 Å². The Hall–Kier alpha value is -2.38. The summed E-state index contributed by atoms with van der Waals surface area (Å²) in [6.07, 6.45) is 1.77. The van der Waals surface area contributed by atoms with Gasteiger partial charge in [-0.1, -0.05) is 33.2 Å². The molecule has 0 aliphatic carbocycles. The molecule has 17 heavy (non-hydrogen) atoms. The average molecular weight is 289 g/mol. The van der Waals surface area contributed by atoms with Crippen molar-refractivity contribution in [3.63, 3.8) is 0 Å². The fraction of sp³-hybridized carbons (Fsp3) is 0. The quantitative estimate of drug-likeness (QED) is 0.790. The molecule has 0 fully saturated rings. The minimum atomic E-state index is 0.138. The van der Waals surface area contributed by atoms with Crippen molar-refractivity contribution in [3.05, 3.63) is 34.3 Å². The summed E-state index contributed by atoms with van der Waals surface area (Å²) in [7, 11) is 0. The molecule has 0 radical (unpaired) electrons. The molecule has 1 heterocycles. The van der Waals surface area contributed by atoms with Crippen molar-refractivity contribution < 1.29 is 0 Å². The second kappa shape index (κ2) is 4.64. The number of hydrogen-bond donors (Lipinski definition) is 1. The third-order valence-corrected chi connectivity index (χ3v) is 2.53. The first-order chi connectivity index (χ1) is 8.24. The molecule has 0 spiro atoms. The summed E-state index contributed by atoms with van der Waals surface area (Å²) in [5.74, 6) is 0. The van der Waals surface area contributed by atoms with Crippen LogP contribution in [0, 0.1) is 22.8 Å². The van der Waals surface area contributed by atoms with E-state index in [4.69, 9.17) is 10.5 Å². The third kappa shape index (κ3) is 2.25. The van der Waals surface area contributed by atoms with E-state index in [1.54, 1.807) is 18.3 Å². The molecule has 1 N–H and O–H groups in total. The van der Waals surface area contributed by atoms with E-state index in [-0.39, 0.29) is 5.71 Å². The SMILES string of the molecule is N#CC1=NNN(C#N)N=C1c1ccc(Br)cc1. The zero-order chi connectivity index (χ0) is 12.3. The summed E-state index contributed by atoms with van der Waals surface area (Å²) < 4.78 is 0.920. The van der Waals surface area contributed by atoms with Crippen LogP contribution in [-0.4, -0.2) is 16.5 Å². The minimum absolute atomic E-state index is 0.138. The maximum atomic E-state index is 8.92. The summed E-state index contributed by atoms with van der Waals surface area (Å²) in [5.41, 5.74) is 3.54. The van der Waals surface area contributed by atoms with Gasteiger partial charge in [-0.3, -0.25) is 0 Å². The zero-order valence-electron chi connectivity index (χ0n) is 8.42. The van der Waals surface area contributed by atoms with E-state index in [1.807, 2.05) is 18.2 Å². The highest BCUT2D eigenvalue weighted by molar-refractivity contribution is 9.10. The maximum Gasteiger partial charge on any atom is 0.224 e. The van der Waals surface area contributed by atoms with E-state index < -0.39 is 0 Å². The van der Waals surface area contributed by atoms with Crippen molar-refractivity contribution >= 4 is 27.4 Å². The maximum absolute atomic E-state index is 8.92. The highest BCUT2D eigenvalue weighted by atomic mass is 79.9. The van der Waals surface area contributed by atoms with Crippen LogP contribution in [0.25, 0.3) is 0 Å². The first-order valence-electron chi connectivity index (χ1n) is 4.53. The molecular weight excluding hydrogens is 284 g/mol. The molecule has 0 aromatic heterocycles. The second-order valence-electron chi connectivity index (χ2n) is 3.04. The van der Waals surface area contributed by atoms with E-state index >= 15 is 0 Å². The lowest BCUT2D eigenvalue weighted by Crippen LogP contribution is -2.34. The summed E-state index contributed by atoms with van der Waals surface area (Å²) >= 11 is 3.32. The van der Waals surface area contributed by atoms with E-state index in [2.05, 4.69) is 31.7 Å². The van der Waals surface area contributed by atoms with Crippen molar-refractivity contribution in [1.29, 1.82) is 10.5 Å². The molecule has 0 saturated carbocycles. The van der Waals surface area contributed by atoms with Crippen LogP contribution in [-0.2, 0) is 0 Å². The Balaban J connectivity index is 2.44. The fourth-order valence-corrected chi connectivity index (χ4v) is 1.51. The standard InChI is InChI=1S/C10H5BrN6/c11-8-3-1-7(2-4-8)10-9(5-12)14-16-17(6-13)15-10/h1-4,16H. The Morgan fingerprint density at radius 1 is 1.24 bits per heavy atom. The Labute approximate surface area is 106 Å². The molecule has 6 nitrogen and oxygen atoms in total. The highest BCUT2D eigenvalue weighted by Gasteiger charge is 2.18. The molecule has 0 amide bonds. The van der Waals surface area contributed by atoms with Gasteiger partial charge in [-0.05, 0) is 12.1 Å². The summed E-state index contributed by atoms with van der Waals surface area (Å²) in [6.45, 7) is 0. The van der Waals surface area contributed by atoms with Gasteiger partial charge in [-0.2, -0.15) is 16.1 Å².